The number of carbonyl (C=O) groups excluding carboxylic acids is 1. The minimum atomic E-state index is -0.658. The zero-order valence-electron chi connectivity index (χ0n) is 11.6. The van der Waals surface area contributed by atoms with Crippen LogP contribution in [0.1, 0.15) is 52.4 Å². The highest BCUT2D eigenvalue weighted by molar-refractivity contribution is 5.76. The van der Waals surface area contributed by atoms with Crippen LogP contribution in [0.25, 0.3) is 0 Å². The zero-order chi connectivity index (χ0) is 13.4. The molecule has 18 heavy (non-hydrogen) atoms. The summed E-state index contributed by atoms with van der Waals surface area (Å²) in [6.07, 6.45) is 5.13. The maximum atomic E-state index is 11.9. The molecule has 1 heterocycles. The number of amides is 1. The van der Waals surface area contributed by atoms with Gasteiger partial charge < -0.3 is 9.64 Å². The van der Waals surface area contributed by atoms with Crippen molar-refractivity contribution in [2.45, 2.75) is 58.0 Å². The van der Waals surface area contributed by atoms with Crippen molar-refractivity contribution in [2.75, 3.05) is 19.7 Å². The molecule has 1 amide bonds. The molecule has 0 aromatic carbocycles. The molecular weight excluding hydrogens is 228 g/mol. The number of likely N-dealkylation sites (tertiary alicyclic amines) is 1. The second-order valence-electron chi connectivity index (χ2n) is 4.88. The number of piperidine rings is 1. The number of carbonyl (C=O) groups is 1. The molecule has 1 aliphatic rings. The first-order valence-corrected chi connectivity index (χ1v) is 7.00. The Labute approximate surface area is 110 Å². The van der Waals surface area contributed by atoms with Crippen molar-refractivity contribution in [3.63, 3.8) is 0 Å². The van der Waals surface area contributed by atoms with Gasteiger partial charge in [0.1, 0.15) is 0 Å². The Bertz CT molecular complexity index is 301. The van der Waals surface area contributed by atoms with Crippen LogP contribution >= 0.6 is 0 Å². The molecule has 0 radical (unpaired) electrons. The molecule has 4 nitrogen and oxygen atoms in total. The van der Waals surface area contributed by atoms with E-state index < -0.39 is 5.60 Å². The summed E-state index contributed by atoms with van der Waals surface area (Å²) < 4.78 is 5.55. The van der Waals surface area contributed by atoms with Crippen LogP contribution < -0.4 is 0 Å². The van der Waals surface area contributed by atoms with Gasteiger partial charge in [-0.1, -0.05) is 19.8 Å². The standard InChI is InChI=1S/C14H24N2O2/c1-3-5-6-7-13(17)16-10-8-14(12-15,9-11-16)18-4-2/h3-11H2,1-2H3. The van der Waals surface area contributed by atoms with Gasteiger partial charge in [0.25, 0.3) is 0 Å². The van der Waals surface area contributed by atoms with Crippen LogP contribution in [-0.4, -0.2) is 36.1 Å². The van der Waals surface area contributed by atoms with E-state index in [4.69, 9.17) is 4.74 Å². The third-order valence-corrected chi connectivity index (χ3v) is 3.54. The molecule has 1 saturated heterocycles. The molecule has 0 aromatic heterocycles. The van der Waals surface area contributed by atoms with Crippen molar-refractivity contribution in [2.24, 2.45) is 0 Å². The molecule has 0 aliphatic carbocycles. The number of hydrogen-bond acceptors (Lipinski definition) is 3. The van der Waals surface area contributed by atoms with Crippen molar-refractivity contribution >= 4 is 5.91 Å². The Hall–Kier alpha value is -1.08. The number of unbranched alkanes of at least 4 members (excludes halogenated alkanes) is 2. The fourth-order valence-electron chi connectivity index (χ4n) is 2.37. The molecule has 0 bridgehead atoms. The first kappa shape index (κ1) is 15.0. The summed E-state index contributed by atoms with van der Waals surface area (Å²) >= 11 is 0. The summed E-state index contributed by atoms with van der Waals surface area (Å²) in [5, 5.41) is 9.19. The Morgan fingerprint density at radius 2 is 2.00 bits per heavy atom. The summed E-state index contributed by atoms with van der Waals surface area (Å²) in [7, 11) is 0. The number of rotatable bonds is 6. The lowest BCUT2D eigenvalue weighted by atomic mass is 9.92. The second-order valence-corrected chi connectivity index (χ2v) is 4.88. The number of ether oxygens (including phenoxy) is 1. The Kier molecular flexibility index (Phi) is 6.14. The minimum Gasteiger partial charge on any atom is -0.360 e. The first-order chi connectivity index (χ1) is 8.67. The summed E-state index contributed by atoms with van der Waals surface area (Å²) in [4.78, 5) is 13.8. The highest BCUT2D eigenvalue weighted by atomic mass is 16.5. The molecule has 0 aromatic rings. The van der Waals surface area contributed by atoms with E-state index in [9.17, 15) is 10.1 Å². The first-order valence-electron chi connectivity index (χ1n) is 7.00. The molecule has 0 atom stereocenters. The number of nitrogens with zero attached hydrogens (tertiary/aromatic N) is 2. The molecule has 1 fully saturated rings. The quantitative estimate of drug-likeness (QED) is 0.682. The maximum absolute atomic E-state index is 11.9. The van der Waals surface area contributed by atoms with Crippen LogP contribution in [0.2, 0.25) is 0 Å². The number of nitriles is 1. The van der Waals surface area contributed by atoms with E-state index in [0.29, 0.717) is 39.0 Å². The van der Waals surface area contributed by atoms with Crippen molar-refractivity contribution in [1.82, 2.24) is 4.90 Å². The van der Waals surface area contributed by atoms with Crippen molar-refractivity contribution in [3.8, 4) is 6.07 Å². The van der Waals surface area contributed by atoms with E-state index in [2.05, 4.69) is 13.0 Å². The zero-order valence-corrected chi connectivity index (χ0v) is 11.6. The van der Waals surface area contributed by atoms with Gasteiger partial charge in [0.05, 0.1) is 6.07 Å². The van der Waals surface area contributed by atoms with Crippen LogP contribution in [0.3, 0.4) is 0 Å². The average molecular weight is 252 g/mol. The molecule has 0 spiro atoms. The van der Waals surface area contributed by atoms with Crippen molar-refractivity contribution in [3.05, 3.63) is 0 Å². The fraction of sp³-hybridized carbons (Fsp3) is 0.857. The molecule has 1 rings (SSSR count). The summed E-state index contributed by atoms with van der Waals surface area (Å²) in [6.45, 7) is 5.89. The van der Waals surface area contributed by atoms with Gasteiger partial charge in [0, 0.05) is 39.0 Å². The van der Waals surface area contributed by atoms with Crippen LogP contribution in [0, 0.1) is 11.3 Å². The minimum absolute atomic E-state index is 0.228. The Morgan fingerprint density at radius 1 is 1.33 bits per heavy atom. The van der Waals surface area contributed by atoms with Gasteiger partial charge >= 0.3 is 0 Å². The van der Waals surface area contributed by atoms with Gasteiger partial charge in [-0.25, -0.2) is 0 Å². The Morgan fingerprint density at radius 3 is 2.50 bits per heavy atom. The van der Waals surface area contributed by atoms with Crippen LogP contribution in [-0.2, 0) is 9.53 Å². The van der Waals surface area contributed by atoms with Gasteiger partial charge in [-0.3, -0.25) is 4.79 Å². The maximum Gasteiger partial charge on any atom is 0.222 e. The molecule has 4 heteroatoms. The molecule has 0 unspecified atom stereocenters. The third-order valence-electron chi connectivity index (χ3n) is 3.54. The normalized spacial score (nSPS) is 18.4. The third kappa shape index (κ3) is 3.99. The lowest BCUT2D eigenvalue weighted by Crippen LogP contribution is -2.47. The van der Waals surface area contributed by atoms with Crippen LogP contribution in [0.5, 0.6) is 0 Å². The lowest BCUT2D eigenvalue weighted by molar-refractivity contribution is -0.135. The van der Waals surface area contributed by atoms with Crippen LogP contribution in [0.4, 0.5) is 0 Å². The summed E-state index contributed by atoms with van der Waals surface area (Å²) in [5.41, 5.74) is -0.658. The van der Waals surface area contributed by atoms with Crippen molar-refractivity contribution in [1.29, 1.82) is 5.26 Å². The monoisotopic (exact) mass is 252 g/mol. The van der Waals surface area contributed by atoms with Gasteiger partial charge in [0.15, 0.2) is 5.60 Å². The second kappa shape index (κ2) is 7.38. The van der Waals surface area contributed by atoms with E-state index in [0.717, 1.165) is 19.3 Å². The highest BCUT2D eigenvalue weighted by Crippen LogP contribution is 2.26. The molecule has 102 valence electrons. The fourth-order valence-corrected chi connectivity index (χ4v) is 2.37. The van der Waals surface area contributed by atoms with Gasteiger partial charge in [-0.2, -0.15) is 5.26 Å². The lowest BCUT2D eigenvalue weighted by Gasteiger charge is -2.37. The smallest absolute Gasteiger partial charge is 0.222 e. The van der Waals surface area contributed by atoms with E-state index >= 15 is 0 Å². The summed E-state index contributed by atoms with van der Waals surface area (Å²) in [6, 6.07) is 2.27. The van der Waals surface area contributed by atoms with Gasteiger partial charge in [-0.15, -0.1) is 0 Å². The van der Waals surface area contributed by atoms with Crippen LogP contribution in [0.15, 0.2) is 0 Å². The number of hydrogen-bond donors (Lipinski definition) is 0. The largest absolute Gasteiger partial charge is 0.360 e. The SMILES string of the molecule is CCCCCC(=O)N1CCC(C#N)(OCC)CC1. The highest BCUT2D eigenvalue weighted by Gasteiger charge is 2.36. The van der Waals surface area contributed by atoms with Gasteiger partial charge in [-0.05, 0) is 13.3 Å². The molecule has 1 aliphatic heterocycles. The van der Waals surface area contributed by atoms with E-state index in [-0.39, 0.29) is 5.91 Å². The van der Waals surface area contributed by atoms with Gasteiger partial charge in [0.2, 0.25) is 5.91 Å². The molecule has 0 N–H and O–H groups in total. The van der Waals surface area contributed by atoms with E-state index in [1.54, 1.807) is 0 Å². The van der Waals surface area contributed by atoms with E-state index in [1.807, 2.05) is 11.8 Å². The van der Waals surface area contributed by atoms with E-state index in [1.165, 1.54) is 0 Å². The summed E-state index contributed by atoms with van der Waals surface area (Å²) in [5.74, 6) is 0.228. The predicted molar refractivity (Wildman–Crippen MR) is 69.9 cm³/mol. The molecule has 0 saturated carbocycles. The Balaban J connectivity index is 2.38. The predicted octanol–water partition coefficient (Wildman–Crippen LogP) is 2.49. The molecular formula is C14H24N2O2. The average Bonchev–Trinajstić information content (AvgIpc) is 2.40. The van der Waals surface area contributed by atoms with Crippen molar-refractivity contribution < 1.29 is 9.53 Å². The topological polar surface area (TPSA) is 53.3 Å².